The van der Waals surface area contributed by atoms with Gasteiger partial charge in [-0.3, -0.25) is 4.99 Å². The van der Waals surface area contributed by atoms with Crippen LogP contribution in [0.15, 0.2) is 4.99 Å². The SMILES string of the molecule is CC(=NC(C)(C)C)C(C)(C)C.CC(C)(C)OC(C)(C)C. The van der Waals surface area contributed by atoms with Gasteiger partial charge in [0.25, 0.3) is 0 Å². The van der Waals surface area contributed by atoms with E-state index in [9.17, 15) is 0 Å². The fraction of sp³-hybridized carbons (Fsp3) is 0.944. The van der Waals surface area contributed by atoms with Crippen LogP contribution in [-0.4, -0.2) is 22.5 Å². The third-order valence-electron chi connectivity index (χ3n) is 2.20. The molecule has 20 heavy (non-hydrogen) atoms. The van der Waals surface area contributed by atoms with E-state index >= 15 is 0 Å². The molecule has 0 N–H and O–H groups in total. The van der Waals surface area contributed by atoms with Crippen molar-refractivity contribution in [3.8, 4) is 0 Å². The molecule has 122 valence electrons. The minimum atomic E-state index is -0.0156. The van der Waals surface area contributed by atoms with Crippen molar-refractivity contribution in [3.63, 3.8) is 0 Å². The number of hydrogen-bond acceptors (Lipinski definition) is 2. The predicted octanol–water partition coefficient (Wildman–Crippen LogP) is 5.89. The van der Waals surface area contributed by atoms with Crippen LogP contribution in [0.4, 0.5) is 0 Å². The van der Waals surface area contributed by atoms with Gasteiger partial charge >= 0.3 is 0 Å². The molecule has 0 aliphatic heterocycles. The Kier molecular flexibility index (Phi) is 7.74. The molecule has 0 spiro atoms. The van der Waals surface area contributed by atoms with Crippen molar-refractivity contribution in [2.45, 2.75) is 107 Å². The van der Waals surface area contributed by atoms with Crippen molar-refractivity contribution in [1.82, 2.24) is 0 Å². The quantitative estimate of drug-likeness (QED) is 0.508. The van der Waals surface area contributed by atoms with Crippen molar-refractivity contribution in [2.75, 3.05) is 0 Å². The van der Waals surface area contributed by atoms with Gasteiger partial charge in [0.1, 0.15) is 0 Å². The summed E-state index contributed by atoms with van der Waals surface area (Å²) in [5.74, 6) is 0. The Morgan fingerprint density at radius 3 is 1.00 bits per heavy atom. The summed E-state index contributed by atoms with van der Waals surface area (Å²) in [7, 11) is 0. The third-order valence-corrected chi connectivity index (χ3v) is 2.20. The molecule has 0 atom stereocenters. The highest BCUT2D eigenvalue weighted by Gasteiger charge is 2.20. The van der Waals surface area contributed by atoms with E-state index in [0.29, 0.717) is 0 Å². The minimum absolute atomic E-state index is 0.0156. The van der Waals surface area contributed by atoms with Crippen LogP contribution in [0.1, 0.15) is 90.0 Å². The molecule has 0 aliphatic rings. The van der Waals surface area contributed by atoms with Crippen LogP contribution in [0.3, 0.4) is 0 Å². The van der Waals surface area contributed by atoms with Crippen LogP contribution in [0.25, 0.3) is 0 Å². The molecule has 0 bridgehead atoms. The van der Waals surface area contributed by atoms with Crippen molar-refractivity contribution in [1.29, 1.82) is 0 Å². The normalized spacial score (nSPS) is 14.8. The van der Waals surface area contributed by atoms with Crippen LogP contribution in [0.5, 0.6) is 0 Å². The van der Waals surface area contributed by atoms with Crippen LogP contribution in [0.2, 0.25) is 0 Å². The first-order chi connectivity index (χ1) is 8.33. The first kappa shape index (κ1) is 21.9. The Labute approximate surface area is 128 Å². The summed E-state index contributed by atoms with van der Waals surface area (Å²) < 4.78 is 5.62. The predicted molar refractivity (Wildman–Crippen MR) is 92.9 cm³/mol. The largest absolute Gasteiger partial charge is 0.370 e. The molecule has 0 saturated heterocycles. The molecule has 0 aromatic rings. The Morgan fingerprint density at radius 1 is 0.650 bits per heavy atom. The van der Waals surface area contributed by atoms with Crippen molar-refractivity contribution in [2.24, 2.45) is 10.4 Å². The van der Waals surface area contributed by atoms with Gasteiger partial charge in [-0.05, 0) is 74.7 Å². The standard InChI is InChI=1S/C10H21N.C8H18O/c1-8(9(2,3)4)11-10(5,6)7;1-7(2,3)9-8(4,5)6/h1-7H3;1-6H3. The fourth-order valence-corrected chi connectivity index (χ4v) is 1.59. The Hall–Kier alpha value is -0.370. The highest BCUT2D eigenvalue weighted by molar-refractivity contribution is 5.87. The Bertz CT molecular complexity index is 288. The fourth-order valence-electron chi connectivity index (χ4n) is 1.59. The number of rotatable bonds is 0. The molecule has 0 saturated carbocycles. The zero-order chi connectivity index (χ0) is 17.0. The zero-order valence-electron chi connectivity index (χ0n) is 16.4. The highest BCUT2D eigenvalue weighted by atomic mass is 16.5. The highest BCUT2D eigenvalue weighted by Crippen LogP contribution is 2.19. The van der Waals surface area contributed by atoms with Crippen molar-refractivity contribution < 1.29 is 4.74 Å². The van der Waals surface area contributed by atoms with E-state index in [0.717, 1.165) is 0 Å². The molecule has 0 heterocycles. The summed E-state index contributed by atoms with van der Waals surface area (Å²) >= 11 is 0. The van der Waals surface area contributed by atoms with Crippen molar-refractivity contribution in [3.05, 3.63) is 0 Å². The van der Waals surface area contributed by atoms with Gasteiger partial charge in [0, 0.05) is 5.71 Å². The van der Waals surface area contributed by atoms with Gasteiger partial charge in [-0.1, -0.05) is 20.8 Å². The average Bonchev–Trinajstić information content (AvgIpc) is 1.90. The Balaban J connectivity index is 0. The van der Waals surface area contributed by atoms with E-state index in [1.54, 1.807) is 0 Å². The zero-order valence-corrected chi connectivity index (χ0v) is 16.4. The molecular formula is C18H39NO. The van der Waals surface area contributed by atoms with Gasteiger partial charge < -0.3 is 4.74 Å². The van der Waals surface area contributed by atoms with E-state index in [2.05, 4.69) is 95.0 Å². The van der Waals surface area contributed by atoms with Crippen LogP contribution in [-0.2, 0) is 4.74 Å². The molecule has 0 radical (unpaired) electrons. The van der Waals surface area contributed by atoms with E-state index in [1.807, 2.05) is 0 Å². The maximum Gasteiger partial charge on any atom is 0.0605 e. The second kappa shape index (κ2) is 7.06. The first-order valence-electron chi connectivity index (χ1n) is 7.61. The van der Waals surface area contributed by atoms with Crippen LogP contribution < -0.4 is 0 Å². The topological polar surface area (TPSA) is 21.6 Å². The lowest BCUT2D eigenvalue weighted by Gasteiger charge is -2.30. The summed E-state index contributed by atoms with van der Waals surface area (Å²) in [6.07, 6.45) is 0. The molecule has 0 aliphatic carbocycles. The van der Waals surface area contributed by atoms with Gasteiger partial charge in [0.05, 0.1) is 16.7 Å². The molecule has 0 rings (SSSR count). The first-order valence-corrected chi connectivity index (χ1v) is 7.61. The lowest BCUT2D eigenvalue weighted by Crippen LogP contribution is -2.31. The second-order valence-corrected chi connectivity index (χ2v) is 9.44. The van der Waals surface area contributed by atoms with Gasteiger partial charge in [-0.15, -0.1) is 0 Å². The smallest absolute Gasteiger partial charge is 0.0605 e. The molecule has 0 aromatic heterocycles. The van der Waals surface area contributed by atoms with Crippen LogP contribution >= 0.6 is 0 Å². The number of aliphatic imine (C=N–C) groups is 1. The number of nitrogens with zero attached hydrogens (tertiary/aromatic N) is 1. The summed E-state index contributed by atoms with van der Waals surface area (Å²) in [6.45, 7) is 27.5. The van der Waals surface area contributed by atoms with Gasteiger partial charge in [-0.25, -0.2) is 0 Å². The summed E-state index contributed by atoms with van der Waals surface area (Å²) in [5.41, 5.74) is 1.48. The molecule has 0 amide bonds. The summed E-state index contributed by atoms with van der Waals surface area (Å²) in [5, 5.41) is 0. The van der Waals surface area contributed by atoms with Gasteiger partial charge in [0.2, 0.25) is 0 Å². The van der Waals surface area contributed by atoms with E-state index in [4.69, 9.17) is 4.74 Å². The van der Waals surface area contributed by atoms with Gasteiger partial charge in [0.15, 0.2) is 0 Å². The summed E-state index contributed by atoms with van der Waals surface area (Å²) in [4.78, 5) is 4.60. The van der Waals surface area contributed by atoms with E-state index < -0.39 is 0 Å². The maximum atomic E-state index is 5.62. The van der Waals surface area contributed by atoms with Gasteiger partial charge in [-0.2, -0.15) is 0 Å². The molecular weight excluding hydrogens is 246 g/mol. The summed E-state index contributed by atoms with van der Waals surface area (Å²) in [6, 6.07) is 0. The second-order valence-electron chi connectivity index (χ2n) is 9.44. The van der Waals surface area contributed by atoms with E-state index in [-0.39, 0.29) is 22.2 Å². The van der Waals surface area contributed by atoms with Crippen molar-refractivity contribution >= 4 is 5.71 Å². The molecule has 0 unspecified atom stereocenters. The molecule has 0 aromatic carbocycles. The van der Waals surface area contributed by atoms with Crippen LogP contribution in [0, 0.1) is 5.41 Å². The monoisotopic (exact) mass is 285 g/mol. The number of hydrogen-bond donors (Lipinski definition) is 0. The lowest BCUT2D eigenvalue weighted by molar-refractivity contribution is -0.102. The minimum Gasteiger partial charge on any atom is -0.370 e. The number of ether oxygens (including phenoxy) is 1. The molecule has 2 heteroatoms. The average molecular weight is 286 g/mol. The molecule has 2 nitrogen and oxygen atoms in total. The molecule has 0 fully saturated rings. The Morgan fingerprint density at radius 2 is 0.950 bits per heavy atom. The van der Waals surface area contributed by atoms with E-state index in [1.165, 1.54) is 5.71 Å². The third kappa shape index (κ3) is 17.6. The maximum absolute atomic E-state index is 5.62. The lowest BCUT2D eigenvalue weighted by atomic mass is 9.90.